The molecular formula is C17H23N3S. The lowest BCUT2D eigenvalue weighted by atomic mass is 10.00. The van der Waals surface area contributed by atoms with Crippen LogP contribution in [0.1, 0.15) is 35.5 Å². The molecule has 21 heavy (non-hydrogen) atoms. The zero-order chi connectivity index (χ0) is 15.0. The molecule has 1 aromatic carbocycles. The first-order valence-electron chi connectivity index (χ1n) is 7.59. The molecule has 112 valence electrons. The zero-order valence-electron chi connectivity index (χ0n) is 13.2. The summed E-state index contributed by atoms with van der Waals surface area (Å²) in [5, 5.41) is 4.45. The van der Waals surface area contributed by atoms with Gasteiger partial charge in [0.25, 0.3) is 0 Å². The summed E-state index contributed by atoms with van der Waals surface area (Å²) >= 11 is 1.81. The maximum atomic E-state index is 4.78. The van der Waals surface area contributed by atoms with E-state index < -0.39 is 0 Å². The number of rotatable bonds is 3. The SMILES string of the molecule is CNC(C)c1sc(-c2ccc3c(c2)CCCN3C)nc1C. The van der Waals surface area contributed by atoms with Gasteiger partial charge in [0.05, 0.1) is 5.69 Å². The van der Waals surface area contributed by atoms with Crippen LogP contribution in [0.5, 0.6) is 0 Å². The minimum atomic E-state index is 0.361. The normalized spacial score (nSPS) is 15.9. The lowest BCUT2D eigenvalue weighted by Gasteiger charge is -2.27. The van der Waals surface area contributed by atoms with E-state index in [0.29, 0.717) is 6.04 Å². The van der Waals surface area contributed by atoms with Crippen molar-refractivity contribution in [2.45, 2.75) is 32.7 Å². The van der Waals surface area contributed by atoms with Crippen molar-refractivity contribution in [1.82, 2.24) is 10.3 Å². The van der Waals surface area contributed by atoms with Gasteiger partial charge in [0.15, 0.2) is 0 Å². The monoisotopic (exact) mass is 301 g/mol. The van der Waals surface area contributed by atoms with Gasteiger partial charge < -0.3 is 10.2 Å². The Hall–Kier alpha value is -1.39. The Bertz CT molecular complexity index is 647. The number of nitrogens with zero attached hydrogens (tertiary/aromatic N) is 2. The predicted octanol–water partition coefficient (Wildman–Crippen LogP) is 3.78. The van der Waals surface area contributed by atoms with E-state index in [4.69, 9.17) is 4.98 Å². The molecule has 0 bridgehead atoms. The van der Waals surface area contributed by atoms with Gasteiger partial charge in [0, 0.05) is 35.8 Å². The summed E-state index contributed by atoms with van der Waals surface area (Å²) in [6.07, 6.45) is 2.42. The molecule has 1 aliphatic heterocycles. The number of nitrogens with one attached hydrogen (secondary N) is 1. The Balaban J connectivity index is 1.98. The van der Waals surface area contributed by atoms with E-state index in [0.717, 1.165) is 17.2 Å². The van der Waals surface area contributed by atoms with E-state index in [9.17, 15) is 0 Å². The fraction of sp³-hybridized carbons (Fsp3) is 0.471. The second kappa shape index (κ2) is 5.78. The summed E-state index contributed by atoms with van der Waals surface area (Å²) in [7, 11) is 4.18. The molecule has 1 aliphatic rings. The maximum absolute atomic E-state index is 4.78. The molecule has 3 nitrogen and oxygen atoms in total. The van der Waals surface area contributed by atoms with Gasteiger partial charge in [-0.05, 0) is 57.5 Å². The van der Waals surface area contributed by atoms with Crippen LogP contribution < -0.4 is 10.2 Å². The van der Waals surface area contributed by atoms with E-state index in [-0.39, 0.29) is 0 Å². The predicted molar refractivity (Wildman–Crippen MR) is 91.4 cm³/mol. The number of hydrogen-bond donors (Lipinski definition) is 1. The van der Waals surface area contributed by atoms with Gasteiger partial charge in [0.2, 0.25) is 0 Å². The summed E-state index contributed by atoms with van der Waals surface area (Å²) in [6, 6.07) is 7.16. The molecule has 2 heterocycles. The second-order valence-corrected chi connectivity index (χ2v) is 6.88. The standard InChI is InChI=1S/C17H23N3S/c1-11(18-3)16-12(2)19-17(21-16)14-7-8-15-13(10-14)6-5-9-20(15)4/h7-8,10-11,18H,5-6,9H2,1-4H3. The fourth-order valence-electron chi connectivity index (χ4n) is 2.98. The van der Waals surface area contributed by atoms with Crippen molar-refractivity contribution in [3.8, 4) is 10.6 Å². The van der Waals surface area contributed by atoms with Gasteiger partial charge in [-0.3, -0.25) is 0 Å². The highest BCUT2D eigenvalue weighted by molar-refractivity contribution is 7.15. The van der Waals surface area contributed by atoms with Gasteiger partial charge in [0.1, 0.15) is 5.01 Å². The van der Waals surface area contributed by atoms with Gasteiger partial charge in [-0.1, -0.05) is 0 Å². The van der Waals surface area contributed by atoms with Crippen LogP contribution in [-0.4, -0.2) is 25.6 Å². The molecule has 0 saturated heterocycles. The van der Waals surface area contributed by atoms with Crippen molar-refractivity contribution in [3.63, 3.8) is 0 Å². The minimum Gasteiger partial charge on any atom is -0.374 e. The van der Waals surface area contributed by atoms with Crippen molar-refractivity contribution in [2.75, 3.05) is 25.5 Å². The Kier molecular flexibility index (Phi) is 4.00. The summed E-state index contributed by atoms with van der Waals surface area (Å²) in [5.41, 5.74) is 5.23. The fourth-order valence-corrected chi connectivity index (χ4v) is 4.11. The van der Waals surface area contributed by atoms with Crippen LogP contribution in [0.15, 0.2) is 18.2 Å². The molecule has 3 rings (SSSR count). The highest BCUT2D eigenvalue weighted by Crippen LogP contribution is 2.35. The van der Waals surface area contributed by atoms with Crippen LogP contribution in [0.4, 0.5) is 5.69 Å². The maximum Gasteiger partial charge on any atom is 0.123 e. The second-order valence-electron chi connectivity index (χ2n) is 5.85. The number of benzene rings is 1. The Morgan fingerprint density at radius 2 is 2.19 bits per heavy atom. The number of aromatic nitrogens is 1. The molecule has 0 spiro atoms. The van der Waals surface area contributed by atoms with Crippen molar-refractivity contribution in [1.29, 1.82) is 0 Å². The topological polar surface area (TPSA) is 28.2 Å². The first-order valence-corrected chi connectivity index (χ1v) is 8.41. The summed E-state index contributed by atoms with van der Waals surface area (Å²) in [4.78, 5) is 8.47. The quantitative estimate of drug-likeness (QED) is 0.935. The average molecular weight is 301 g/mol. The summed E-state index contributed by atoms with van der Waals surface area (Å²) in [6.45, 7) is 5.45. The molecular weight excluding hydrogens is 278 g/mol. The van der Waals surface area contributed by atoms with Crippen molar-refractivity contribution in [2.24, 2.45) is 0 Å². The molecule has 2 aromatic rings. The van der Waals surface area contributed by atoms with E-state index in [2.05, 4.69) is 49.3 Å². The lowest BCUT2D eigenvalue weighted by Crippen LogP contribution is -2.24. The highest BCUT2D eigenvalue weighted by atomic mass is 32.1. The van der Waals surface area contributed by atoms with E-state index in [1.807, 2.05) is 18.4 Å². The summed E-state index contributed by atoms with van der Waals surface area (Å²) in [5.74, 6) is 0. The zero-order valence-corrected chi connectivity index (χ0v) is 14.0. The van der Waals surface area contributed by atoms with Crippen LogP contribution >= 0.6 is 11.3 Å². The molecule has 0 saturated carbocycles. The van der Waals surface area contributed by atoms with Gasteiger partial charge in [-0.15, -0.1) is 11.3 Å². The Morgan fingerprint density at radius 1 is 1.38 bits per heavy atom. The van der Waals surface area contributed by atoms with Crippen LogP contribution in [-0.2, 0) is 6.42 Å². The third kappa shape index (κ3) is 2.70. The highest BCUT2D eigenvalue weighted by Gasteiger charge is 2.17. The first kappa shape index (κ1) is 14.5. The molecule has 0 fully saturated rings. The Morgan fingerprint density at radius 3 is 2.95 bits per heavy atom. The molecule has 0 amide bonds. The van der Waals surface area contributed by atoms with Gasteiger partial charge >= 0.3 is 0 Å². The molecule has 1 aromatic heterocycles. The van der Waals surface area contributed by atoms with E-state index >= 15 is 0 Å². The number of aryl methyl sites for hydroxylation is 2. The third-order valence-corrected chi connectivity index (χ3v) is 5.73. The molecule has 4 heteroatoms. The van der Waals surface area contributed by atoms with Crippen LogP contribution in [0.3, 0.4) is 0 Å². The average Bonchev–Trinajstić information content (AvgIpc) is 2.88. The number of fused-ring (bicyclic) bond motifs is 1. The Labute approximate surface area is 131 Å². The molecule has 1 N–H and O–H groups in total. The number of anilines is 1. The van der Waals surface area contributed by atoms with Gasteiger partial charge in [-0.25, -0.2) is 4.98 Å². The van der Waals surface area contributed by atoms with Crippen LogP contribution in [0, 0.1) is 6.92 Å². The van der Waals surface area contributed by atoms with Crippen molar-refractivity contribution in [3.05, 3.63) is 34.3 Å². The van der Waals surface area contributed by atoms with Crippen molar-refractivity contribution >= 4 is 17.0 Å². The largest absolute Gasteiger partial charge is 0.374 e. The molecule has 1 unspecified atom stereocenters. The number of thiazole rings is 1. The molecule has 1 atom stereocenters. The molecule has 0 aliphatic carbocycles. The lowest BCUT2D eigenvalue weighted by molar-refractivity contribution is 0.658. The smallest absolute Gasteiger partial charge is 0.123 e. The first-order chi connectivity index (χ1) is 10.1. The van der Waals surface area contributed by atoms with Crippen LogP contribution in [0.2, 0.25) is 0 Å². The van der Waals surface area contributed by atoms with E-state index in [1.54, 1.807) is 0 Å². The van der Waals surface area contributed by atoms with Crippen molar-refractivity contribution < 1.29 is 0 Å². The molecule has 0 radical (unpaired) electrons. The van der Waals surface area contributed by atoms with Crippen LogP contribution in [0.25, 0.3) is 10.6 Å². The summed E-state index contributed by atoms with van der Waals surface area (Å²) < 4.78 is 0. The van der Waals surface area contributed by atoms with E-state index in [1.165, 1.54) is 34.5 Å². The minimum absolute atomic E-state index is 0.361. The van der Waals surface area contributed by atoms with Gasteiger partial charge in [-0.2, -0.15) is 0 Å². The number of hydrogen-bond acceptors (Lipinski definition) is 4. The third-order valence-electron chi connectivity index (χ3n) is 4.34.